The predicted octanol–water partition coefficient (Wildman–Crippen LogP) is 3.52. The summed E-state index contributed by atoms with van der Waals surface area (Å²) in [6.07, 6.45) is 4.30. The highest BCUT2D eigenvalue weighted by Gasteiger charge is 2.33. The van der Waals surface area contributed by atoms with Crippen LogP contribution in [0.4, 0.5) is 0 Å². The van der Waals surface area contributed by atoms with E-state index in [1.54, 1.807) is 22.9 Å². The lowest BCUT2D eigenvalue weighted by atomic mass is 10.0. The number of carbonyl (C=O) groups is 1. The van der Waals surface area contributed by atoms with Crippen LogP contribution in [0.3, 0.4) is 0 Å². The first-order valence-corrected chi connectivity index (χ1v) is 10.1. The molecular formula is C24H21N3O4. The molecule has 2 aromatic carbocycles. The monoisotopic (exact) mass is 415 g/mol. The normalized spacial score (nSPS) is 12.1. The molecule has 0 aliphatic heterocycles. The number of aryl methyl sites for hydroxylation is 1. The smallest absolute Gasteiger partial charge is 0.262 e. The van der Waals surface area contributed by atoms with Crippen molar-refractivity contribution in [3.05, 3.63) is 76.3 Å². The summed E-state index contributed by atoms with van der Waals surface area (Å²) in [5, 5.41) is 5.18. The second-order valence-corrected chi connectivity index (χ2v) is 7.40. The van der Waals surface area contributed by atoms with Crippen LogP contribution in [-0.2, 0) is 13.1 Å². The Morgan fingerprint density at radius 2 is 1.74 bits per heavy atom. The number of ketones is 1. The summed E-state index contributed by atoms with van der Waals surface area (Å²) in [5.74, 6) is 0.721. The zero-order valence-corrected chi connectivity index (χ0v) is 17.3. The summed E-state index contributed by atoms with van der Waals surface area (Å²) in [6.45, 7) is 1.11. The average Bonchev–Trinajstić information content (AvgIpc) is 3.42. The molecule has 0 bridgehead atoms. The van der Waals surface area contributed by atoms with Crippen molar-refractivity contribution in [2.24, 2.45) is 0 Å². The van der Waals surface area contributed by atoms with Gasteiger partial charge in [-0.2, -0.15) is 5.10 Å². The van der Waals surface area contributed by atoms with Crippen LogP contribution in [0.15, 0.2) is 59.7 Å². The molecule has 7 heteroatoms. The zero-order chi connectivity index (χ0) is 21.5. The number of aromatic nitrogens is 3. The van der Waals surface area contributed by atoms with Crippen molar-refractivity contribution in [1.29, 1.82) is 0 Å². The molecular weight excluding hydrogens is 394 g/mol. The molecule has 0 atom stereocenters. The SMILES string of the molecule is COc1ccc2c3c(n(CCCn4cccn4)c(=O)c2c1OC)-c1ccccc1C3=O. The highest BCUT2D eigenvalue weighted by atomic mass is 16.5. The van der Waals surface area contributed by atoms with Gasteiger partial charge in [0.2, 0.25) is 0 Å². The lowest BCUT2D eigenvalue weighted by molar-refractivity contribution is 0.104. The van der Waals surface area contributed by atoms with Crippen LogP contribution in [0.2, 0.25) is 0 Å². The maximum Gasteiger partial charge on any atom is 0.262 e. The number of rotatable bonds is 6. The lowest BCUT2D eigenvalue weighted by Crippen LogP contribution is -2.24. The molecule has 0 saturated heterocycles. The Balaban J connectivity index is 1.77. The predicted molar refractivity (Wildman–Crippen MR) is 117 cm³/mol. The van der Waals surface area contributed by atoms with Crippen molar-refractivity contribution in [2.45, 2.75) is 19.5 Å². The van der Waals surface area contributed by atoms with Crippen molar-refractivity contribution in [3.8, 4) is 22.8 Å². The van der Waals surface area contributed by atoms with E-state index in [-0.39, 0.29) is 11.3 Å². The molecule has 7 nitrogen and oxygen atoms in total. The van der Waals surface area contributed by atoms with E-state index in [2.05, 4.69) is 5.10 Å². The number of methoxy groups -OCH3 is 2. The minimum atomic E-state index is -0.200. The molecule has 5 rings (SSSR count). The number of pyridine rings is 1. The molecule has 0 spiro atoms. The first-order chi connectivity index (χ1) is 15.2. The van der Waals surface area contributed by atoms with E-state index >= 15 is 0 Å². The third kappa shape index (κ3) is 2.84. The molecule has 0 unspecified atom stereocenters. The van der Waals surface area contributed by atoms with Crippen LogP contribution in [0.1, 0.15) is 22.3 Å². The quantitative estimate of drug-likeness (QED) is 0.424. The Morgan fingerprint density at radius 3 is 2.45 bits per heavy atom. The van der Waals surface area contributed by atoms with Crippen LogP contribution in [0.5, 0.6) is 11.5 Å². The molecule has 1 aliphatic rings. The molecule has 1 aliphatic carbocycles. The van der Waals surface area contributed by atoms with Gasteiger partial charge in [-0.15, -0.1) is 0 Å². The van der Waals surface area contributed by atoms with Gasteiger partial charge < -0.3 is 14.0 Å². The second kappa shape index (κ2) is 7.43. The van der Waals surface area contributed by atoms with Gasteiger partial charge in [0.05, 0.1) is 30.9 Å². The first-order valence-electron chi connectivity index (χ1n) is 10.1. The molecule has 31 heavy (non-hydrogen) atoms. The van der Waals surface area contributed by atoms with E-state index < -0.39 is 0 Å². The fourth-order valence-corrected chi connectivity index (χ4v) is 4.42. The van der Waals surface area contributed by atoms with E-state index in [0.29, 0.717) is 58.6 Å². The van der Waals surface area contributed by atoms with Gasteiger partial charge in [0.15, 0.2) is 17.3 Å². The lowest BCUT2D eigenvalue weighted by Gasteiger charge is -2.17. The number of fused-ring (bicyclic) bond motifs is 5. The van der Waals surface area contributed by atoms with Gasteiger partial charge in [-0.05, 0) is 24.6 Å². The van der Waals surface area contributed by atoms with E-state index in [4.69, 9.17) is 9.47 Å². The van der Waals surface area contributed by atoms with Gasteiger partial charge in [0, 0.05) is 42.0 Å². The molecule has 0 N–H and O–H groups in total. The van der Waals surface area contributed by atoms with Gasteiger partial charge in [-0.25, -0.2) is 0 Å². The van der Waals surface area contributed by atoms with Gasteiger partial charge >= 0.3 is 0 Å². The Hall–Kier alpha value is -3.87. The number of benzene rings is 2. The molecule has 156 valence electrons. The maximum atomic E-state index is 13.7. The van der Waals surface area contributed by atoms with Crippen LogP contribution in [0, 0.1) is 0 Å². The number of carbonyl (C=O) groups excluding carboxylic acids is 1. The molecule has 0 amide bonds. The Kier molecular flexibility index (Phi) is 4.58. The highest BCUT2D eigenvalue weighted by Crippen LogP contribution is 2.43. The van der Waals surface area contributed by atoms with E-state index in [9.17, 15) is 9.59 Å². The van der Waals surface area contributed by atoms with Crippen molar-refractivity contribution in [2.75, 3.05) is 14.2 Å². The molecule has 0 fully saturated rings. The third-order valence-electron chi connectivity index (χ3n) is 5.76. The number of ether oxygens (including phenoxy) is 2. The largest absolute Gasteiger partial charge is 0.493 e. The molecule has 0 radical (unpaired) electrons. The number of nitrogens with zero attached hydrogens (tertiary/aromatic N) is 3. The Labute approximate surface area is 178 Å². The highest BCUT2D eigenvalue weighted by molar-refractivity contribution is 6.27. The summed E-state index contributed by atoms with van der Waals surface area (Å²) in [5.41, 5.74) is 2.41. The molecule has 2 heterocycles. The average molecular weight is 415 g/mol. The van der Waals surface area contributed by atoms with Gasteiger partial charge in [0.1, 0.15) is 0 Å². The van der Waals surface area contributed by atoms with Gasteiger partial charge in [-0.1, -0.05) is 24.3 Å². The minimum absolute atomic E-state index is 0.0800. The zero-order valence-electron chi connectivity index (χ0n) is 17.3. The second-order valence-electron chi connectivity index (χ2n) is 7.40. The number of hydrogen-bond acceptors (Lipinski definition) is 5. The fraction of sp³-hybridized carbons (Fsp3) is 0.208. The summed E-state index contributed by atoms with van der Waals surface area (Å²) in [6, 6.07) is 12.8. The minimum Gasteiger partial charge on any atom is -0.493 e. The van der Waals surface area contributed by atoms with Crippen molar-refractivity contribution < 1.29 is 14.3 Å². The third-order valence-corrected chi connectivity index (χ3v) is 5.76. The molecule has 2 aromatic heterocycles. The standard InChI is InChI=1S/C24H21N3O4/c1-30-18-10-9-17-19-21(15-7-3-4-8-16(15)22(19)28)27(24(29)20(17)23(18)31-2)14-6-13-26-12-5-11-25-26/h3-5,7-12H,6,13-14H2,1-2H3. The van der Waals surface area contributed by atoms with Crippen LogP contribution in [-0.4, -0.2) is 34.4 Å². The van der Waals surface area contributed by atoms with Crippen molar-refractivity contribution in [1.82, 2.24) is 14.3 Å². The first kappa shape index (κ1) is 19.1. The van der Waals surface area contributed by atoms with Crippen molar-refractivity contribution >= 4 is 16.6 Å². The topological polar surface area (TPSA) is 75.3 Å². The fourth-order valence-electron chi connectivity index (χ4n) is 4.42. The summed E-state index contributed by atoms with van der Waals surface area (Å²) in [4.78, 5) is 27.1. The summed E-state index contributed by atoms with van der Waals surface area (Å²) >= 11 is 0. The maximum absolute atomic E-state index is 13.7. The molecule has 4 aromatic rings. The van der Waals surface area contributed by atoms with Gasteiger partial charge in [-0.3, -0.25) is 14.3 Å². The van der Waals surface area contributed by atoms with Crippen molar-refractivity contribution in [3.63, 3.8) is 0 Å². The van der Waals surface area contributed by atoms with Crippen LogP contribution in [0.25, 0.3) is 22.0 Å². The van der Waals surface area contributed by atoms with Crippen LogP contribution < -0.4 is 15.0 Å². The van der Waals surface area contributed by atoms with E-state index in [1.807, 2.05) is 41.2 Å². The van der Waals surface area contributed by atoms with Crippen LogP contribution >= 0.6 is 0 Å². The Morgan fingerprint density at radius 1 is 0.935 bits per heavy atom. The van der Waals surface area contributed by atoms with Gasteiger partial charge in [0.25, 0.3) is 5.56 Å². The molecule has 0 saturated carbocycles. The van der Waals surface area contributed by atoms with E-state index in [0.717, 1.165) is 5.56 Å². The van der Waals surface area contributed by atoms with E-state index in [1.165, 1.54) is 14.2 Å². The Bertz CT molecular complexity index is 1370. The summed E-state index contributed by atoms with van der Waals surface area (Å²) in [7, 11) is 3.03. The summed E-state index contributed by atoms with van der Waals surface area (Å²) < 4.78 is 14.5. The number of hydrogen-bond donors (Lipinski definition) is 0.